The van der Waals surface area contributed by atoms with Crippen LogP contribution in [0.1, 0.15) is 30.5 Å². The van der Waals surface area contributed by atoms with Gasteiger partial charge < -0.3 is 9.73 Å². The van der Waals surface area contributed by atoms with Gasteiger partial charge in [0, 0.05) is 23.5 Å². The molecule has 2 unspecified atom stereocenters. The molecule has 0 saturated heterocycles. The normalized spacial score (nSPS) is 14.7. The van der Waals surface area contributed by atoms with E-state index in [0.717, 1.165) is 18.8 Å². The number of nitrogens with zero attached hydrogens (tertiary/aromatic N) is 1. The van der Waals surface area contributed by atoms with Crippen molar-refractivity contribution in [3.63, 3.8) is 0 Å². The molecule has 0 spiro atoms. The van der Waals surface area contributed by atoms with Crippen LogP contribution in [-0.2, 0) is 6.54 Å². The number of hydrogen-bond donors (Lipinski definition) is 1. The number of furan rings is 1. The van der Waals surface area contributed by atoms with E-state index >= 15 is 0 Å². The highest BCUT2D eigenvalue weighted by Gasteiger charge is 2.17. The minimum atomic E-state index is 0.459. The summed E-state index contributed by atoms with van der Waals surface area (Å²) in [5.74, 6) is 0.987. The van der Waals surface area contributed by atoms with Crippen LogP contribution in [0.2, 0.25) is 0 Å². The fourth-order valence-electron chi connectivity index (χ4n) is 2.07. The minimum absolute atomic E-state index is 0.459. The van der Waals surface area contributed by atoms with Crippen LogP contribution in [0.15, 0.2) is 40.3 Å². The zero-order valence-corrected chi connectivity index (χ0v) is 12.6. The van der Waals surface area contributed by atoms with Gasteiger partial charge in [0.05, 0.1) is 12.8 Å². The molecule has 0 aliphatic carbocycles. The molecular weight excluding hydrogens is 256 g/mol. The second kappa shape index (κ2) is 6.89. The van der Waals surface area contributed by atoms with Crippen LogP contribution in [0.5, 0.6) is 0 Å². The predicted octanol–water partition coefficient (Wildman–Crippen LogP) is 3.51. The van der Waals surface area contributed by atoms with Crippen molar-refractivity contribution < 1.29 is 4.42 Å². The Hall–Kier alpha value is -1.10. The van der Waals surface area contributed by atoms with Gasteiger partial charge in [-0.15, -0.1) is 11.3 Å². The average molecular weight is 278 g/mol. The third-order valence-electron chi connectivity index (χ3n) is 3.58. The van der Waals surface area contributed by atoms with E-state index in [1.165, 1.54) is 4.88 Å². The van der Waals surface area contributed by atoms with Gasteiger partial charge in [0.25, 0.3) is 0 Å². The molecule has 0 aliphatic rings. The van der Waals surface area contributed by atoms with E-state index < -0.39 is 0 Å². The third kappa shape index (κ3) is 3.93. The fourth-order valence-corrected chi connectivity index (χ4v) is 2.91. The molecule has 2 atom stereocenters. The van der Waals surface area contributed by atoms with Crippen molar-refractivity contribution in [1.29, 1.82) is 0 Å². The van der Waals surface area contributed by atoms with E-state index in [2.05, 4.69) is 48.6 Å². The summed E-state index contributed by atoms with van der Waals surface area (Å²) in [4.78, 5) is 3.82. The summed E-state index contributed by atoms with van der Waals surface area (Å²) in [5.41, 5.74) is 0. The first-order valence-corrected chi connectivity index (χ1v) is 7.55. The van der Waals surface area contributed by atoms with Crippen molar-refractivity contribution >= 4 is 11.3 Å². The highest BCUT2D eigenvalue weighted by atomic mass is 32.1. The Labute approximate surface area is 119 Å². The summed E-state index contributed by atoms with van der Waals surface area (Å²) in [6.07, 6.45) is 1.71. The molecule has 2 aromatic heterocycles. The Balaban J connectivity index is 1.77. The van der Waals surface area contributed by atoms with Gasteiger partial charge in [-0.1, -0.05) is 6.07 Å². The van der Waals surface area contributed by atoms with Crippen molar-refractivity contribution in [3.8, 4) is 0 Å². The number of hydrogen-bond acceptors (Lipinski definition) is 4. The average Bonchev–Trinajstić information content (AvgIpc) is 3.09. The van der Waals surface area contributed by atoms with Crippen molar-refractivity contribution in [3.05, 3.63) is 46.5 Å². The molecule has 0 fully saturated rings. The first-order valence-electron chi connectivity index (χ1n) is 6.67. The van der Waals surface area contributed by atoms with E-state index in [4.69, 9.17) is 4.42 Å². The number of rotatable bonds is 7. The standard InChI is InChI=1S/C15H22N2OS/c1-12(10-16-11-14-6-4-8-18-14)17(3)13(2)15-7-5-9-19-15/h4-9,12-13,16H,10-11H2,1-3H3. The summed E-state index contributed by atoms with van der Waals surface area (Å²) in [5, 5.41) is 5.58. The monoisotopic (exact) mass is 278 g/mol. The van der Waals surface area contributed by atoms with Crippen LogP contribution in [0.3, 0.4) is 0 Å². The van der Waals surface area contributed by atoms with Gasteiger partial charge in [-0.2, -0.15) is 0 Å². The molecule has 0 amide bonds. The first kappa shape index (κ1) is 14.3. The van der Waals surface area contributed by atoms with Crippen LogP contribution >= 0.6 is 11.3 Å². The molecule has 1 N–H and O–H groups in total. The molecule has 3 nitrogen and oxygen atoms in total. The molecular formula is C15H22N2OS. The van der Waals surface area contributed by atoms with E-state index in [1.54, 1.807) is 6.26 Å². The summed E-state index contributed by atoms with van der Waals surface area (Å²) in [6, 6.07) is 9.17. The molecule has 0 aliphatic heterocycles. The Morgan fingerprint density at radius 2 is 2.16 bits per heavy atom. The molecule has 4 heteroatoms. The molecule has 0 aromatic carbocycles. The zero-order valence-electron chi connectivity index (χ0n) is 11.8. The lowest BCUT2D eigenvalue weighted by atomic mass is 10.2. The Morgan fingerprint density at radius 1 is 1.32 bits per heavy atom. The van der Waals surface area contributed by atoms with E-state index in [-0.39, 0.29) is 0 Å². The van der Waals surface area contributed by atoms with Crippen LogP contribution in [-0.4, -0.2) is 24.5 Å². The number of nitrogens with one attached hydrogen (secondary N) is 1. The second-order valence-electron chi connectivity index (χ2n) is 4.92. The Morgan fingerprint density at radius 3 is 2.79 bits per heavy atom. The van der Waals surface area contributed by atoms with E-state index in [1.807, 2.05) is 23.5 Å². The van der Waals surface area contributed by atoms with Crippen molar-refractivity contribution in [2.75, 3.05) is 13.6 Å². The fraction of sp³-hybridized carbons (Fsp3) is 0.467. The molecule has 19 heavy (non-hydrogen) atoms. The number of thiophene rings is 1. The molecule has 2 aromatic rings. The number of likely N-dealkylation sites (N-methyl/N-ethyl adjacent to an activating group) is 1. The highest BCUT2D eigenvalue weighted by Crippen LogP contribution is 2.24. The highest BCUT2D eigenvalue weighted by molar-refractivity contribution is 7.10. The largest absolute Gasteiger partial charge is 0.468 e. The van der Waals surface area contributed by atoms with Gasteiger partial charge in [-0.05, 0) is 44.5 Å². The molecule has 104 valence electrons. The van der Waals surface area contributed by atoms with E-state index in [0.29, 0.717) is 12.1 Å². The summed E-state index contributed by atoms with van der Waals surface area (Å²) >= 11 is 1.82. The van der Waals surface area contributed by atoms with Gasteiger partial charge in [0.2, 0.25) is 0 Å². The molecule has 2 heterocycles. The maximum absolute atomic E-state index is 5.31. The first-order chi connectivity index (χ1) is 9.18. The summed E-state index contributed by atoms with van der Waals surface area (Å²) in [6.45, 7) is 6.25. The Bertz CT molecular complexity index is 452. The topological polar surface area (TPSA) is 28.4 Å². The van der Waals surface area contributed by atoms with Gasteiger partial charge >= 0.3 is 0 Å². The lowest BCUT2D eigenvalue weighted by molar-refractivity contribution is 0.194. The smallest absolute Gasteiger partial charge is 0.117 e. The maximum Gasteiger partial charge on any atom is 0.117 e. The van der Waals surface area contributed by atoms with Gasteiger partial charge in [-0.3, -0.25) is 4.90 Å². The van der Waals surface area contributed by atoms with Crippen LogP contribution in [0.4, 0.5) is 0 Å². The maximum atomic E-state index is 5.31. The van der Waals surface area contributed by atoms with Crippen LogP contribution in [0.25, 0.3) is 0 Å². The quantitative estimate of drug-likeness (QED) is 0.840. The second-order valence-corrected chi connectivity index (χ2v) is 5.90. The molecule has 0 saturated carbocycles. The van der Waals surface area contributed by atoms with Gasteiger partial charge in [0.15, 0.2) is 0 Å². The van der Waals surface area contributed by atoms with Crippen LogP contribution in [0, 0.1) is 0 Å². The summed E-state index contributed by atoms with van der Waals surface area (Å²) in [7, 11) is 2.18. The third-order valence-corrected chi connectivity index (χ3v) is 4.62. The van der Waals surface area contributed by atoms with Crippen molar-refractivity contribution in [1.82, 2.24) is 10.2 Å². The summed E-state index contributed by atoms with van der Waals surface area (Å²) < 4.78 is 5.31. The van der Waals surface area contributed by atoms with Crippen molar-refractivity contribution in [2.24, 2.45) is 0 Å². The molecule has 0 bridgehead atoms. The predicted molar refractivity (Wildman–Crippen MR) is 80.4 cm³/mol. The van der Waals surface area contributed by atoms with Gasteiger partial charge in [-0.25, -0.2) is 0 Å². The molecule has 2 rings (SSSR count). The zero-order chi connectivity index (χ0) is 13.7. The van der Waals surface area contributed by atoms with Crippen LogP contribution < -0.4 is 5.32 Å². The minimum Gasteiger partial charge on any atom is -0.468 e. The van der Waals surface area contributed by atoms with E-state index in [9.17, 15) is 0 Å². The lowest BCUT2D eigenvalue weighted by Crippen LogP contribution is -2.38. The Kier molecular flexibility index (Phi) is 5.19. The molecule has 0 radical (unpaired) electrons. The lowest BCUT2D eigenvalue weighted by Gasteiger charge is -2.30. The van der Waals surface area contributed by atoms with Crippen molar-refractivity contribution in [2.45, 2.75) is 32.5 Å². The van der Waals surface area contributed by atoms with Gasteiger partial charge in [0.1, 0.15) is 5.76 Å². The SMILES string of the molecule is CC(CNCc1ccco1)N(C)C(C)c1cccs1.